The molecular weight excluding hydrogens is 837 g/mol. The van der Waals surface area contributed by atoms with Crippen molar-refractivity contribution in [3.63, 3.8) is 0 Å². The van der Waals surface area contributed by atoms with Crippen LogP contribution in [0.4, 0.5) is 0 Å². The van der Waals surface area contributed by atoms with Crippen molar-refractivity contribution < 1.29 is 52.1 Å². The zero-order valence-electron chi connectivity index (χ0n) is 37.2. The Bertz CT molecular complexity index is 2290. The molecule has 8 unspecified atom stereocenters. The van der Waals surface area contributed by atoms with Crippen LogP contribution < -0.4 is 0 Å². The Morgan fingerprint density at radius 3 is 1.29 bits per heavy atom. The van der Waals surface area contributed by atoms with Gasteiger partial charge in [-0.3, -0.25) is 0 Å². The van der Waals surface area contributed by atoms with E-state index in [1.165, 1.54) is 0 Å². The summed E-state index contributed by atoms with van der Waals surface area (Å²) in [6, 6.07) is 60.1. The van der Waals surface area contributed by atoms with Gasteiger partial charge in [0.1, 0.15) is 42.7 Å². The molecule has 0 amide bonds. The molecule has 11 heteroatoms. The van der Waals surface area contributed by atoms with Crippen molar-refractivity contribution in [3.05, 3.63) is 215 Å². The van der Waals surface area contributed by atoms with Crippen LogP contribution in [0.25, 0.3) is 0 Å². The Morgan fingerprint density at radius 1 is 0.439 bits per heavy atom. The molecule has 3 aliphatic rings. The molecule has 3 saturated heterocycles. The predicted molar refractivity (Wildman–Crippen MR) is 245 cm³/mol. The highest BCUT2D eigenvalue weighted by atomic mass is 16.9. The molecule has 0 radical (unpaired) electrons. The van der Waals surface area contributed by atoms with Crippen LogP contribution in [0.1, 0.15) is 33.4 Å². The maximum atomic E-state index is 7.34. The predicted octanol–water partition coefficient (Wildman–Crippen LogP) is 8.97. The first-order valence-electron chi connectivity index (χ1n) is 22.7. The summed E-state index contributed by atoms with van der Waals surface area (Å²) in [5, 5.41) is 0. The molecule has 3 aliphatic heterocycles. The summed E-state index contributed by atoms with van der Waals surface area (Å²) < 4.78 is 75.2. The van der Waals surface area contributed by atoms with Gasteiger partial charge in [0.2, 0.25) is 0 Å². The number of methoxy groups -OCH3 is 1. The maximum Gasteiger partial charge on any atom is 0.314 e. The van der Waals surface area contributed by atoms with Gasteiger partial charge >= 0.3 is 5.97 Å². The minimum atomic E-state index is -1.87. The summed E-state index contributed by atoms with van der Waals surface area (Å²) >= 11 is 0. The van der Waals surface area contributed by atoms with E-state index >= 15 is 0 Å². The minimum absolute atomic E-state index is 0.0465. The Balaban J connectivity index is 1.10. The van der Waals surface area contributed by atoms with Crippen molar-refractivity contribution in [2.75, 3.05) is 20.3 Å². The first-order valence-corrected chi connectivity index (χ1v) is 22.7. The number of ether oxygens (including phenoxy) is 11. The van der Waals surface area contributed by atoms with E-state index in [0.717, 1.165) is 33.4 Å². The quantitative estimate of drug-likeness (QED) is 0.0735. The van der Waals surface area contributed by atoms with Crippen LogP contribution in [-0.4, -0.2) is 81.4 Å². The molecule has 66 heavy (non-hydrogen) atoms. The number of rotatable bonds is 20. The lowest BCUT2D eigenvalue weighted by molar-refractivity contribution is -0.517. The van der Waals surface area contributed by atoms with Crippen LogP contribution in [0.3, 0.4) is 0 Å². The lowest BCUT2D eigenvalue weighted by Gasteiger charge is -2.57. The molecule has 6 aromatic carbocycles. The van der Waals surface area contributed by atoms with Crippen molar-refractivity contribution in [2.24, 2.45) is 0 Å². The minimum Gasteiger partial charge on any atom is -0.374 e. The molecule has 0 aliphatic carbocycles. The molecule has 6 aromatic rings. The summed E-state index contributed by atoms with van der Waals surface area (Å²) in [6.45, 7) is 1.79. The van der Waals surface area contributed by atoms with Gasteiger partial charge in [-0.1, -0.05) is 182 Å². The third-order valence-electron chi connectivity index (χ3n) is 12.0. The lowest BCUT2D eigenvalue weighted by Crippen LogP contribution is -2.75. The van der Waals surface area contributed by atoms with E-state index in [4.69, 9.17) is 52.1 Å². The van der Waals surface area contributed by atoms with Gasteiger partial charge in [0.25, 0.3) is 0 Å². The summed E-state index contributed by atoms with van der Waals surface area (Å²) in [5.41, 5.74) is 5.91. The van der Waals surface area contributed by atoms with Crippen LogP contribution in [-0.2, 0) is 91.7 Å². The van der Waals surface area contributed by atoms with Gasteiger partial charge in [0.15, 0.2) is 12.4 Å². The molecule has 0 N–H and O–H groups in total. The summed E-state index contributed by atoms with van der Waals surface area (Å²) in [6.07, 6.45) is -6.97. The molecule has 0 bridgehead atoms. The van der Waals surface area contributed by atoms with Crippen molar-refractivity contribution >= 4 is 0 Å². The molecule has 0 aromatic heterocycles. The molecule has 11 nitrogen and oxygen atoms in total. The van der Waals surface area contributed by atoms with Crippen molar-refractivity contribution in [3.8, 4) is 0 Å². The van der Waals surface area contributed by atoms with E-state index in [0.29, 0.717) is 6.61 Å². The van der Waals surface area contributed by atoms with Crippen molar-refractivity contribution in [1.82, 2.24) is 0 Å². The second-order valence-corrected chi connectivity index (χ2v) is 16.7. The first kappa shape index (κ1) is 46.0. The number of fused-ring (bicyclic) bond motifs is 1. The smallest absolute Gasteiger partial charge is 0.314 e. The van der Waals surface area contributed by atoms with E-state index in [9.17, 15) is 0 Å². The average molecular weight is 895 g/mol. The first-order chi connectivity index (χ1) is 32.6. The molecule has 3 fully saturated rings. The second kappa shape index (κ2) is 23.1. The van der Waals surface area contributed by atoms with Gasteiger partial charge in [-0.2, -0.15) is 0 Å². The monoisotopic (exact) mass is 894 g/mol. The molecule has 344 valence electrons. The highest BCUT2D eigenvalue weighted by Crippen LogP contribution is 2.45. The largest absolute Gasteiger partial charge is 0.374 e. The molecular formula is C55H58O11. The van der Waals surface area contributed by atoms with E-state index in [1.807, 2.05) is 182 Å². The van der Waals surface area contributed by atoms with Gasteiger partial charge in [-0.25, -0.2) is 0 Å². The van der Waals surface area contributed by atoms with Crippen LogP contribution >= 0.6 is 0 Å². The second-order valence-electron chi connectivity index (χ2n) is 16.7. The topological polar surface area (TPSA) is 102 Å². The van der Waals surface area contributed by atoms with Gasteiger partial charge in [0.05, 0.1) is 52.9 Å². The van der Waals surface area contributed by atoms with Crippen molar-refractivity contribution in [2.45, 2.75) is 101 Å². The molecule has 10 atom stereocenters. The average Bonchev–Trinajstić information content (AvgIpc) is 3.38. The fraction of sp³-hybridized carbons (Fsp3) is 0.345. The van der Waals surface area contributed by atoms with Gasteiger partial charge in [-0.05, 0) is 33.4 Å². The Kier molecular flexibility index (Phi) is 16.1. The standard InChI is InChI=1S/C55H58O11/c1-56-54-52(61-36-44-28-16-6-17-29-44)50(59-34-42-24-12-4-13-25-42)49-46(64-54)39-63-55(66-49)53(62-37-45-30-18-7-19-31-45)51(60-35-43-26-14-5-15-27-43)48(58-33-41-22-10-3-11-23-41)47(65-55)38-57-32-40-20-8-2-9-21-40/h2-31,46-54H,32-39H2,1H3/t46?,47?,48-,49?,50?,51?,52?,53?,54?,55+/m1/s1. The van der Waals surface area contributed by atoms with Crippen LogP contribution in [0.15, 0.2) is 182 Å². The zero-order chi connectivity index (χ0) is 44.8. The van der Waals surface area contributed by atoms with E-state index in [-0.39, 0.29) is 46.2 Å². The Labute approximate surface area is 387 Å². The molecule has 0 saturated carbocycles. The highest BCUT2D eigenvalue weighted by Gasteiger charge is 2.65. The molecule has 9 rings (SSSR count). The molecule has 3 heterocycles. The van der Waals surface area contributed by atoms with Gasteiger partial charge in [-0.15, -0.1) is 0 Å². The van der Waals surface area contributed by atoms with Crippen LogP contribution in [0, 0.1) is 0 Å². The fourth-order valence-corrected chi connectivity index (χ4v) is 8.68. The van der Waals surface area contributed by atoms with E-state index in [2.05, 4.69) is 0 Å². The Morgan fingerprint density at radius 2 is 0.833 bits per heavy atom. The number of benzene rings is 6. The lowest BCUT2D eigenvalue weighted by atomic mass is 9.93. The van der Waals surface area contributed by atoms with Gasteiger partial charge < -0.3 is 52.1 Å². The number of hydrogen-bond acceptors (Lipinski definition) is 11. The zero-order valence-corrected chi connectivity index (χ0v) is 37.2. The third-order valence-corrected chi connectivity index (χ3v) is 12.0. The fourth-order valence-electron chi connectivity index (χ4n) is 8.68. The third kappa shape index (κ3) is 11.7. The maximum absolute atomic E-state index is 7.34. The van der Waals surface area contributed by atoms with E-state index < -0.39 is 61.1 Å². The normalized spacial score (nSPS) is 27.3. The summed E-state index contributed by atoms with van der Waals surface area (Å²) in [7, 11) is 1.60. The summed E-state index contributed by atoms with van der Waals surface area (Å²) in [5.74, 6) is -1.87. The van der Waals surface area contributed by atoms with Crippen LogP contribution in [0.2, 0.25) is 0 Å². The highest BCUT2D eigenvalue weighted by molar-refractivity contribution is 5.18. The summed E-state index contributed by atoms with van der Waals surface area (Å²) in [4.78, 5) is 0. The van der Waals surface area contributed by atoms with Crippen LogP contribution in [0.5, 0.6) is 0 Å². The van der Waals surface area contributed by atoms with E-state index in [1.54, 1.807) is 7.11 Å². The number of hydrogen-bond donors (Lipinski definition) is 0. The molecule has 1 spiro atoms. The van der Waals surface area contributed by atoms with Gasteiger partial charge in [0, 0.05) is 7.11 Å². The SMILES string of the molecule is COC1OC2CO[C@]3(OC2C(OCc2ccccc2)C1OCc1ccccc1)OC(COCc1ccccc1)[C@@H](OCc1ccccc1)C(OCc1ccccc1)C3OCc1ccccc1. The van der Waals surface area contributed by atoms with Crippen molar-refractivity contribution in [1.29, 1.82) is 0 Å². The Hall–Kier alpha value is -5.12.